The topological polar surface area (TPSA) is 71.8 Å². The molecule has 0 saturated heterocycles. The molecule has 0 bridgehead atoms. The van der Waals surface area contributed by atoms with Gasteiger partial charge in [0.15, 0.2) is 23.1 Å². The van der Waals surface area contributed by atoms with Crippen molar-refractivity contribution in [3.8, 4) is 17.2 Å². The second-order valence-electron chi connectivity index (χ2n) is 8.88. The standard InChI is InChI=1S/C26H32FN2O4/c1-7-31-19-11-16(10-18(13-19)26(4,5)6)20(30)15-29-14-17-12-21(32-8-2)24(33-9-3)23(27)22(17)25(29)28/h10-12,28H,7-9,14-15H2,1-6H3. The molecule has 0 spiro atoms. The summed E-state index contributed by atoms with van der Waals surface area (Å²) in [5.74, 6) is -0.00780. The first-order valence-electron chi connectivity index (χ1n) is 11.3. The molecule has 0 aromatic heterocycles. The molecule has 0 aliphatic carbocycles. The summed E-state index contributed by atoms with van der Waals surface area (Å²) >= 11 is 0. The number of benzene rings is 2. The fraction of sp³-hybridized carbons (Fsp3) is 0.462. The lowest BCUT2D eigenvalue weighted by molar-refractivity contribution is 0.0962. The number of nitrogens with zero attached hydrogens (tertiary/aromatic N) is 1. The van der Waals surface area contributed by atoms with Crippen molar-refractivity contribution in [3.05, 3.63) is 52.3 Å². The normalized spacial score (nSPS) is 13.2. The molecule has 1 aliphatic heterocycles. The molecule has 2 aromatic rings. The van der Waals surface area contributed by atoms with Gasteiger partial charge in [-0.05, 0) is 55.5 Å². The van der Waals surface area contributed by atoms with Crippen LogP contribution in [0.1, 0.15) is 68.6 Å². The van der Waals surface area contributed by atoms with Gasteiger partial charge in [-0.1, -0.05) is 20.8 Å². The van der Waals surface area contributed by atoms with E-state index in [-0.39, 0.29) is 48.0 Å². The van der Waals surface area contributed by atoms with Gasteiger partial charge >= 0.3 is 0 Å². The van der Waals surface area contributed by atoms with E-state index in [9.17, 15) is 4.79 Å². The van der Waals surface area contributed by atoms with Crippen LogP contribution < -0.4 is 14.2 Å². The number of Topliss-reactive ketones (excluding diaryl/α,β-unsaturated/α-hetero) is 1. The molecule has 177 valence electrons. The summed E-state index contributed by atoms with van der Waals surface area (Å²) in [5.41, 5.74) is 1.89. The monoisotopic (exact) mass is 455 g/mol. The zero-order valence-corrected chi connectivity index (χ0v) is 20.2. The maximum absolute atomic E-state index is 15.3. The summed E-state index contributed by atoms with van der Waals surface area (Å²) in [6.45, 7) is 12.9. The van der Waals surface area contributed by atoms with E-state index in [4.69, 9.17) is 19.6 Å². The van der Waals surface area contributed by atoms with Crippen molar-refractivity contribution in [2.75, 3.05) is 26.4 Å². The van der Waals surface area contributed by atoms with E-state index < -0.39 is 5.82 Å². The number of fused-ring (bicyclic) bond motifs is 1. The summed E-state index contributed by atoms with van der Waals surface area (Å²) in [6.07, 6.45) is 0. The van der Waals surface area contributed by atoms with Crippen LogP contribution in [0.4, 0.5) is 4.39 Å². The highest BCUT2D eigenvalue weighted by Gasteiger charge is 2.33. The predicted molar refractivity (Wildman–Crippen MR) is 125 cm³/mol. The van der Waals surface area contributed by atoms with Crippen molar-refractivity contribution in [2.24, 2.45) is 0 Å². The minimum Gasteiger partial charge on any atom is -0.493 e. The average molecular weight is 456 g/mol. The molecule has 1 heterocycles. The molecular formula is C26H32FN2O4. The van der Waals surface area contributed by atoms with E-state index in [0.717, 1.165) is 5.56 Å². The first-order chi connectivity index (χ1) is 15.6. The van der Waals surface area contributed by atoms with Crippen LogP contribution in [0.5, 0.6) is 17.2 Å². The molecule has 2 aromatic carbocycles. The quantitative estimate of drug-likeness (QED) is 0.530. The number of hydrogen-bond donors (Lipinski definition) is 1. The molecule has 33 heavy (non-hydrogen) atoms. The van der Waals surface area contributed by atoms with Gasteiger partial charge in [0.25, 0.3) is 0 Å². The van der Waals surface area contributed by atoms with Crippen LogP contribution in [-0.4, -0.2) is 42.9 Å². The highest BCUT2D eigenvalue weighted by Crippen LogP contribution is 2.39. The van der Waals surface area contributed by atoms with Gasteiger partial charge in [0.1, 0.15) is 11.6 Å². The Kier molecular flexibility index (Phi) is 7.30. The van der Waals surface area contributed by atoms with Gasteiger partial charge in [0.05, 0.1) is 31.9 Å². The maximum Gasteiger partial charge on any atom is 0.197 e. The third-order valence-corrected chi connectivity index (χ3v) is 5.38. The number of ether oxygens (including phenoxy) is 3. The van der Waals surface area contributed by atoms with Crippen molar-refractivity contribution in [1.82, 2.24) is 4.90 Å². The number of ketones is 1. The molecule has 0 unspecified atom stereocenters. The molecule has 1 radical (unpaired) electrons. The Morgan fingerprint density at radius 1 is 1.09 bits per heavy atom. The SMILES string of the molecule is CCOc1[c]c(C(C)(C)C)cc(C(=O)CN2Cc3cc(OCC)c(OCC)c(F)c3C2=N)c1. The van der Waals surface area contributed by atoms with Crippen LogP contribution in [0, 0.1) is 17.3 Å². The Balaban J connectivity index is 1.90. The second kappa shape index (κ2) is 9.81. The van der Waals surface area contributed by atoms with E-state index in [1.54, 1.807) is 24.0 Å². The third-order valence-electron chi connectivity index (χ3n) is 5.38. The zero-order valence-electron chi connectivity index (χ0n) is 20.2. The first-order valence-corrected chi connectivity index (χ1v) is 11.3. The van der Waals surface area contributed by atoms with E-state index >= 15 is 4.39 Å². The van der Waals surface area contributed by atoms with Crippen molar-refractivity contribution >= 4 is 11.6 Å². The Morgan fingerprint density at radius 2 is 1.76 bits per heavy atom. The molecule has 0 fully saturated rings. The van der Waals surface area contributed by atoms with Gasteiger partial charge in [-0.25, -0.2) is 4.39 Å². The van der Waals surface area contributed by atoms with Crippen molar-refractivity contribution in [1.29, 1.82) is 5.41 Å². The molecule has 6 nitrogen and oxygen atoms in total. The fourth-order valence-electron chi connectivity index (χ4n) is 3.76. The van der Waals surface area contributed by atoms with Gasteiger partial charge in [-0.15, -0.1) is 0 Å². The van der Waals surface area contributed by atoms with E-state index in [1.165, 1.54) is 0 Å². The molecule has 1 aliphatic rings. The number of carbonyl (C=O) groups is 1. The van der Waals surface area contributed by atoms with Gasteiger partial charge in [-0.2, -0.15) is 0 Å². The van der Waals surface area contributed by atoms with Crippen LogP contribution in [0.15, 0.2) is 18.2 Å². The summed E-state index contributed by atoms with van der Waals surface area (Å²) in [6, 6.07) is 8.43. The molecule has 7 heteroatoms. The predicted octanol–water partition coefficient (Wildman–Crippen LogP) is 5.14. The molecule has 0 atom stereocenters. The number of carbonyl (C=O) groups excluding carboxylic acids is 1. The Hall–Kier alpha value is -3.09. The van der Waals surface area contributed by atoms with Crippen LogP contribution >= 0.6 is 0 Å². The molecule has 3 rings (SSSR count). The van der Waals surface area contributed by atoms with Crippen molar-refractivity contribution < 1.29 is 23.4 Å². The fourth-order valence-corrected chi connectivity index (χ4v) is 3.76. The number of nitrogens with one attached hydrogen (secondary N) is 1. The summed E-state index contributed by atoms with van der Waals surface area (Å²) < 4.78 is 31.9. The van der Waals surface area contributed by atoms with Gasteiger partial charge in [0.2, 0.25) is 0 Å². The lowest BCUT2D eigenvalue weighted by Crippen LogP contribution is -2.30. The lowest BCUT2D eigenvalue weighted by atomic mass is 9.85. The summed E-state index contributed by atoms with van der Waals surface area (Å²) in [5, 5.41) is 8.54. The second-order valence-corrected chi connectivity index (χ2v) is 8.88. The highest BCUT2D eigenvalue weighted by molar-refractivity contribution is 6.06. The van der Waals surface area contributed by atoms with Crippen molar-refractivity contribution in [3.63, 3.8) is 0 Å². The zero-order chi connectivity index (χ0) is 24.3. The van der Waals surface area contributed by atoms with Gasteiger partial charge in [0, 0.05) is 18.2 Å². The average Bonchev–Trinajstić information content (AvgIpc) is 3.05. The number of rotatable bonds is 9. The van der Waals surface area contributed by atoms with Crippen molar-refractivity contribution in [2.45, 2.75) is 53.5 Å². The molecule has 0 saturated carbocycles. The van der Waals surface area contributed by atoms with Crippen LogP contribution in [-0.2, 0) is 12.0 Å². The van der Waals surface area contributed by atoms with E-state index in [0.29, 0.717) is 35.8 Å². The molecular weight excluding hydrogens is 423 g/mol. The number of amidine groups is 1. The van der Waals surface area contributed by atoms with Gasteiger partial charge in [-0.3, -0.25) is 10.2 Å². The van der Waals surface area contributed by atoms with Gasteiger partial charge < -0.3 is 19.1 Å². The van der Waals surface area contributed by atoms with Crippen LogP contribution in [0.25, 0.3) is 0 Å². The minimum absolute atomic E-state index is 0.00537. The largest absolute Gasteiger partial charge is 0.493 e. The molecule has 1 N–H and O–H groups in total. The number of hydrogen-bond acceptors (Lipinski definition) is 5. The molecule has 0 amide bonds. The summed E-state index contributed by atoms with van der Waals surface area (Å²) in [7, 11) is 0. The van der Waals surface area contributed by atoms with Crippen LogP contribution in [0.3, 0.4) is 0 Å². The maximum atomic E-state index is 15.3. The first kappa shape index (κ1) is 24.6. The third kappa shape index (κ3) is 5.13. The minimum atomic E-state index is -0.624. The Bertz CT molecular complexity index is 1060. The van der Waals surface area contributed by atoms with E-state index in [1.807, 2.05) is 40.7 Å². The lowest BCUT2D eigenvalue weighted by Gasteiger charge is -2.22. The Labute approximate surface area is 195 Å². The smallest absolute Gasteiger partial charge is 0.197 e. The Morgan fingerprint density at radius 3 is 2.36 bits per heavy atom. The van der Waals surface area contributed by atoms with Crippen LogP contribution in [0.2, 0.25) is 0 Å². The highest BCUT2D eigenvalue weighted by atomic mass is 19.1. The van der Waals surface area contributed by atoms with E-state index in [2.05, 4.69) is 6.07 Å². The number of halogens is 1. The summed E-state index contributed by atoms with van der Waals surface area (Å²) in [4.78, 5) is 14.8.